The van der Waals surface area contributed by atoms with E-state index in [4.69, 9.17) is 19.0 Å². The van der Waals surface area contributed by atoms with Gasteiger partial charge in [-0.3, -0.25) is 14.4 Å². The van der Waals surface area contributed by atoms with Gasteiger partial charge in [-0.05, 0) is 73.1 Å². The van der Waals surface area contributed by atoms with Crippen LogP contribution in [0.3, 0.4) is 0 Å². The first-order valence-corrected chi connectivity index (χ1v) is 13.8. The van der Waals surface area contributed by atoms with Crippen LogP contribution in [-0.4, -0.2) is 71.9 Å². The molecule has 0 saturated carbocycles. The van der Waals surface area contributed by atoms with E-state index < -0.39 is 29.0 Å². The molecule has 0 spiro atoms. The van der Waals surface area contributed by atoms with Crippen molar-refractivity contribution in [3.8, 4) is 0 Å². The molecule has 1 aliphatic rings. The molecule has 0 aliphatic carbocycles. The van der Waals surface area contributed by atoms with Crippen molar-refractivity contribution >= 4 is 23.7 Å². The van der Waals surface area contributed by atoms with Crippen LogP contribution in [0.4, 0.5) is 0 Å². The van der Waals surface area contributed by atoms with Gasteiger partial charge in [-0.25, -0.2) is 4.79 Å². The standard InChI is InChI=1S/C28H50N2O8/c1-21(2)12-18-35-27(5,6)15-17-29-22(31)13-19-36-28(7,8)16-20-37-26(3,4)14-11-25(34)38-30-23(32)9-10-24(30)33/h21H,9-20H2,1-8H3,(H,29,31). The van der Waals surface area contributed by atoms with E-state index in [-0.39, 0.29) is 37.2 Å². The predicted molar refractivity (Wildman–Crippen MR) is 143 cm³/mol. The van der Waals surface area contributed by atoms with Crippen molar-refractivity contribution in [2.24, 2.45) is 5.92 Å². The van der Waals surface area contributed by atoms with Gasteiger partial charge in [-0.15, -0.1) is 5.06 Å². The number of hydrogen-bond donors (Lipinski definition) is 1. The van der Waals surface area contributed by atoms with E-state index in [1.807, 2.05) is 41.5 Å². The largest absolute Gasteiger partial charge is 0.375 e. The fraction of sp³-hybridized carbons (Fsp3) is 0.857. The van der Waals surface area contributed by atoms with E-state index >= 15 is 0 Å². The van der Waals surface area contributed by atoms with Crippen LogP contribution in [0.2, 0.25) is 0 Å². The highest BCUT2D eigenvalue weighted by Crippen LogP contribution is 2.22. The molecule has 1 saturated heterocycles. The summed E-state index contributed by atoms with van der Waals surface area (Å²) in [5.74, 6) is -1.09. The molecule has 10 nitrogen and oxygen atoms in total. The van der Waals surface area contributed by atoms with Gasteiger partial charge in [0.2, 0.25) is 5.91 Å². The second kappa shape index (κ2) is 15.5. The highest BCUT2D eigenvalue weighted by atomic mass is 16.7. The third-order valence-electron chi connectivity index (χ3n) is 6.39. The maximum Gasteiger partial charge on any atom is 0.333 e. The first kappa shape index (κ1) is 34.0. The second-order valence-corrected chi connectivity index (χ2v) is 12.2. The smallest absolute Gasteiger partial charge is 0.333 e. The maximum atomic E-state index is 12.2. The molecular weight excluding hydrogens is 492 g/mol. The molecule has 0 atom stereocenters. The fourth-order valence-corrected chi connectivity index (χ4v) is 3.58. The molecule has 38 heavy (non-hydrogen) atoms. The zero-order chi connectivity index (χ0) is 29.0. The molecule has 0 radical (unpaired) electrons. The molecule has 0 unspecified atom stereocenters. The van der Waals surface area contributed by atoms with E-state index in [0.29, 0.717) is 43.6 Å². The molecule has 0 bridgehead atoms. The SMILES string of the molecule is CC(C)CCOC(C)(C)CCNC(=O)CCOC(C)(C)CCOC(C)(C)CCC(=O)ON1C(=O)CCC1=O. The number of carbonyl (C=O) groups excluding carboxylic acids is 4. The highest BCUT2D eigenvalue weighted by molar-refractivity contribution is 6.01. The number of nitrogens with one attached hydrogen (secondary N) is 1. The molecule has 1 rings (SSSR count). The molecule has 1 N–H and O–H groups in total. The summed E-state index contributed by atoms with van der Waals surface area (Å²) in [6, 6.07) is 0. The van der Waals surface area contributed by atoms with Gasteiger partial charge in [0.15, 0.2) is 0 Å². The van der Waals surface area contributed by atoms with Crippen LogP contribution in [0.25, 0.3) is 0 Å². The summed E-state index contributed by atoms with van der Waals surface area (Å²) >= 11 is 0. The number of ether oxygens (including phenoxy) is 3. The number of hydroxylamine groups is 2. The third-order valence-corrected chi connectivity index (χ3v) is 6.39. The Labute approximate surface area is 228 Å². The Morgan fingerprint density at radius 1 is 0.789 bits per heavy atom. The van der Waals surface area contributed by atoms with Gasteiger partial charge >= 0.3 is 5.97 Å². The average molecular weight is 543 g/mol. The van der Waals surface area contributed by atoms with Crippen LogP contribution >= 0.6 is 0 Å². The molecule has 1 heterocycles. The minimum Gasteiger partial charge on any atom is -0.375 e. The lowest BCUT2D eigenvalue weighted by Crippen LogP contribution is -2.35. The normalized spacial score (nSPS) is 14.9. The van der Waals surface area contributed by atoms with Crippen molar-refractivity contribution in [1.82, 2.24) is 10.4 Å². The summed E-state index contributed by atoms with van der Waals surface area (Å²) in [5, 5.41) is 3.49. The summed E-state index contributed by atoms with van der Waals surface area (Å²) in [5.41, 5.74) is -1.38. The Hall–Kier alpha value is -2.04. The van der Waals surface area contributed by atoms with Crippen molar-refractivity contribution in [3.63, 3.8) is 0 Å². The predicted octanol–water partition coefficient (Wildman–Crippen LogP) is 4.09. The van der Waals surface area contributed by atoms with Gasteiger partial charge in [-0.1, -0.05) is 13.8 Å². The summed E-state index contributed by atoms with van der Waals surface area (Å²) in [6.07, 6.45) is 3.14. The van der Waals surface area contributed by atoms with Crippen molar-refractivity contribution in [1.29, 1.82) is 0 Å². The van der Waals surface area contributed by atoms with E-state index in [1.54, 1.807) is 0 Å². The van der Waals surface area contributed by atoms with Crippen LogP contribution in [0.1, 0.15) is 107 Å². The fourth-order valence-electron chi connectivity index (χ4n) is 3.58. The van der Waals surface area contributed by atoms with E-state index in [9.17, 15) is 19.2 Å². The molecule has 1 aliphatic heterocycles. The molecule has 0 aromatic rings. The summed E-state index contributed by atoms with van der Waals surface area (Å²) < 4.78 is 17.8. The summed E-state index contributed by atoms with van der Waals surface area (Å²) in [6.45, 7) is 18.0. The maximum absolute atomic E-state index is 12.2. The Kier molecular flexibility index (Phi) is 13.9. The quantitative estimate of drug-likeness (QED) is 0.242. The molecule has 10 heteroatoms. The van der Waals surface area contributed by atoms with Gasteiger partial charge < -0.3 is 24.4 Å². The van der Waals surface area contributed by atoms with Gasteiger partial charge in [0.25, 0.3) is 11.8 Å². The molecule has 0 aromatic carbocycles. The van der Waals surface area contributed by atoms with Gasteiger partial charge in [0, 0.05) is 32.4 Å². The van der Waals surface area contributed by atoms with Crippen LogP contribution in [0.15, 0.2) is 0 Å². The van der Waals surface area contributed by atoms with Gasteiger partial charge in [-0.2, -0.15) is 0 Å². The monoisotopic (exact) mass is 542 g/mol. The topological polar surface area (TPSA) is 120 Å². The first-order chi connectivity index (χ1) is 17.5. The third kappa shape index (κ3) is 14.8. The lowest BCUT2D eigenvalue weighted by Gasteiger charge is -2.29. The van der Waals surface area contributed by atoms with E-state index in [1.165, 1.54) is 0 Å². The van der Waals surface area contributed by atoms with Crippen LogP contribution in [0.5, 0.6) is 0 Å². The van der Waals surface area contributed by atoms with Crippen LogP contribution < -0.4 is 5.32 Å². The van der Waals surface area contributed by atoms with Crippen LogP contribution in [0, 0.1) is 5.92 Å². The Bertz CT molecular complexity index is 776. The van der Waals surface area contributed by atoms with Crippen molar-refractivity contribution in [2.45, 2.75) is 124 Å². The lowest BCUT2D eigenvalue weighted by molar-refractivity contribution is -0.198. The second-order valence-electron chi connectivity index (χ2n) is 12.2. The van der Waals surface area contributed by atoms with Crippen LogP contribution in [-0.2, 0) is 38.2 Å². The number of imide groups is 1. The van der Waals surface area contributed by atoms with Crippen molar-refractivity contribution < 1.29 is 38.2 Å². The Morgan fingerprint density at radius 2 is 1.32 bits per heavy atom. The van der Waals surface area contributed by atoms with Gasteiger partial charge in [0.1, 0.15) is 0 Å². The van der Waals surface area contributed by atoms with Crippen molar-refractivity contribution in [3.05, 3.63) is 0 Å². The number of rotatable bonds is 19. The summed E-state index contributed by atoms with van der Waals surface area (Å²) in [4.78, 5) is 52.3. The molecule has 0 aromatic heterocycles. The number of amides is 3. The lowest BCUT2D eigenvalue weighted by atomic mass is 10.0. The Morgan fingerprint density at radius 3 is 1.92 bits per heavy atom. The van der Waals surface area contributed by atoms with Crippen molar-refractivity contribution in [2.75, 3.05) is 26.4 Å². The van der Waals surface area contributed by atoms with E-state index in [0.717, 1.165) is 19.4 Å². The zero-order valence-corrected chi connectivity index (χ0v) is 24.8. The number of hydrogen-bond acceptors (Lipinski definition) is 8. The van der Waals surface area contributed by atoms with Gasteiger partial charge in [0.05, 0.1) is 36.4 Å². The summed E-state index contributed by atoms with van der Waals surface area (Å²) in [7, 11) is 0. The minimum atomic E-state index is -0.644. The number of carbonyl (C=O) groups is 4. The molecular formula is C28H50N2O8. The first-order valence-electron chi connectivity index (χ1n) is 13.8. The minimum absolute atomic E-state index is 0.0142. The molecule has 1 fully saturated rings. The molecule has 3 amide bonds. The zero-order valence-electron chi connectivity index (χ0n) is 24.8. The average Bonchev–Trinajstić information content (AvgIpc) is 3.09. The van der Waals surface area contributed by atoms with E-state index in [2.05, 4.69) is 19.2 Å². The number of nitrogens with zero attached hydrogens (tertiary/aromatic N) is 1. The highest BCUT2D eigenvalue weighted by Gasteiger charge is 2.33. The Balaban J connectivity index is 2.22. The molecule has 220 valence electrons.